The Hall–Kier alpha value is -2.01. The van der Waals surface area contributed by atoms with Gasteiger partial charge in [-0.2, -0.15) is 0 Å². The minimum atomic E-state index is 0.0948. The van der Waals surface area contributed by atoms with E-state index in [0.29, 0.717) is 5.56 Å². The minimum absolute atomic E-state index is 0.0948. The van der Waals surface area contributed by atoms with Crippen LogP contribution in [-0.4, -0.2) is 16.0 Å². The lowest BCUT2D eigenvalue weighted by atomic mass is 10.1. The van der Waals surface area contributed by atoms with E-state index in [-0.39, 0.29) is 5.84 Å². The van der Waals surface area contributed by atoms with Crippen LogP contribution in [0, 0.1) is 20.8 Å². The molecule has 1 aromatic heterocycles. The molecule has 4 nitrogen and oxygen atoms in total. The van der Waals surface area contributed by atoms with Crippen molar-refractivity contribution in [1.82, 2.24) is 4.98 Å². The van der Waals surface area contributed by atoms with Crippen molar-refractivity contribution in [2.45, 2.75) is 30.7 Å². The van der Waals surface area contributed by atoms with Crippen LogP contribution < -0.4 is 5.73 Å². The molecule has 0 aliphatic rings. The van der Waals surface area contributed by atoms with Crippen LogP contribution in [0.3, 0.4) is 0 Å². The third-order valence-electron chi connectivity index (χ3n) is 3.03. The fourth-order valence-electron chi connectivity index (χ4n) is 1.79. The number of nitrogens with zero attached hydrogens (tertiary/aromatic N) is 2. The number of amidine groups is 1. The molecule has 20 heavy (non-hydrogen) atoms. The molecule has 0 saturated heterocycles. The number of aromatic nitrogens is 1. The number of benzene rings is 1. The summed E-state index contributed by atoms with van der Waals surface area (Å²) in [6.45, 7) is 6.06. The van der Waals surface area contributed by atoms with Gasteiger partial charge in [0.25, 0.3) is 0 Å². The van der Waals surface area contributed by atoms with Crippen LogP contribution in [0.15, 0.2) is 45.4 Å². The van der Waals surface area contributed by atoms with Crippen molar-refractivity contribution < 1.29 is 5.21 Å². The number of pyridine rings is 1. The maximum Gasteiger partial charge on any atom is 0.170 e. The maximum atomic E-state index is 8.76. The topological polar surface area (TPSA) is 71.5 Å². The number of oxime groups is 1. The summed E-state index contributed by atoms with van der Waals surface area (Å²) in [5.41, 5.74) is 9.66. The first-order valence-corrected chi connectivity index (χ1v) is 7.03. The fourth-order valence-corrected chi connectivity index (χ4v) is 2.78. The van der Waals surface area contributed by atoms with Crippen LogP contribution in [0.1, 0.15) is 22.4 Å². The third kappa shape index (κ3) is 3.30. The lowest BCUT2D eigenvalue weighted by Crippen LogP contribution is -2.13. The third-order valence-corrected chi connectivity index (χ3v) is 3.94. The van der Waals surface area contributed by atoms with E-state index in [1.807, 2.05) is 13.0 Å². The molecule has 0 radical (unpaired) electrons. The van der Waals surface area contributed by atoms with E-state index >= 15 is 0 Å². The number of nitrogens with two attached hydrogens (primary N) is 1. The Balaban J connectivity index is 2.33. The van der Waals surface area contributed by atoms with Gasteiger partial charge in [-0.25, -0.2) is 4.98 Å². The van der Waals surface area contributed by atoms with Gasteiger partial charge in [-0.15, -0.1) is 0 Å². The maximum absolute atomic E-state index is 8.76. The molecule has 1 heterocycles. The first kappa shape index (κ1) is 14.4. The highest BCUT2D eigenvalue weighted by atomic mass is 32.2. The van der Waals surface area contributed by atoms with Gasteiger partial charge in [0.2, 0.25) is 0 Å². The summed E-state index contributed by atoms with van der Waals surface area (Å²) >= 11 is 1.56. The zero-order valence-corrected chi connectivity index (χ0v) is 12.5. The molecule has 0 aliphatic heterocycles. The predicted octanol–water partition coefficient (Wildman–Crippen LogP) is 3.25. The summed E-state index contributed by atoms with van der Waals surface area (Å²) in [5, 5.41) is 12.6. The van der Waals surface area contributed by atoms with Crippen LogP contribution >= 0.6 is 11.8 Å². The Labute approximate surface area is 122 Å². The molecule has 0 saturated carbocycles. The second-order valence-corrected chi connectivity index (χ2v) is 5.76. The highest BCUT2D eigenvalue weighted by Crippen LogP contribution is 2.28. The number of hydrogen-bond acceptors (Lipinski definition) is 4. The van der Waals surface area contributed by atoms with Crippen LogP contribution in [0.5, 0.6) is 0 Å². The second-order valence-electron chi connectivity index (χ2n) is 4.67. The molecule has 0 aliphatic carbocycles. The molecule has 0 fully saturated rings. The number of aryl methyl sites for hydroxylation is 3. The quantitative estimate of drug-likeness (QED) is 0.393. The first-order chi connectivity index (χ1) is 9.49. The van der Waals surface area contributed by atoms with E-state index in [1.54, 1.807) is 17.8 Å². The van der Waals surface area contributed by atoms with Crippen molar-refractivity contribution in [3.63, 3.8) is 0 Å². The summed E-state index contributed by atoms with van der Waals surface area (Å²) in [5.74, 6) is 0.0948. The SMILES string of the molecule is Cc1cc(/C(N)=N/O)cc(Sc2ccc(C)c(C)c2)n1. The molecule has 5 heteroatoms. The highest BCUT2D eigenvalue weighted by Gasteiger charge is 2.06. The predicted molar refractivity (Wildman–Crippen MR) is 81.5 cm³/mol. The molecule has 0 atom stereocenters. The molecule has 0 spiro atoms. The zero-order valence-electron chi connectivity index (χ0n) is 11.7. The van der Waals surface area contributed by atoms with Gasteiger partial charge in [0.05, 0.1) is 0 Å². The van der Waals surface area contributed by atoms with E-state index in [1.165, 1.54) is 11.1 Å². The second kappa shape index (κ2) is 5.96. The molecule has 3 N–H and O–H groups in total. The smallest absolute Gasteiger partial charge is 0.170 e. The van der Waals surface area contributed by atoms with Gasteiger partial charge in [-0.3, -0.25) is 0 Å². The lowest BCUT2D eigenvalue weighted by molar-refractivity contribution is 0.318. The van der Waals surface area contributed by atoms with E-state index in [4.69, 9.17) is 10.9 Å². The average molecular weight is 287 g/mol. The number of hydrogen-bond donors (Lipinski definition) is 2. The van der Waals surface area contributed by atoms with E-state index in [9.17, 15) is 0 Å². The van der Waals surface area contributed by atoms with Crippen LogP contribution in [0.2, 0.25) is 0 Å². The molecular formula is C15H17N3OS. The summed E-state index contributed by atoms with van der Waals surface area (Å²) < 4.78 is 0. The Morgan fingerprint density at radius 3 is 2.55 bits per heavy atom. The van der Waals surface area contributed by atoms with Gasteiger partial charge < -0.3 is 10.9 Å². The van der Waals surface area contributed by atoms with Crippen molar-refractivity contribution in [2.24, 2.45) is 10.9 Å². The summed E-state index contributed by atoms with van der Waals surface area (Å²) in [6.07, 6.45) is 0. The summed E-state index contributed by atoms with van der Waals surface area (Å²) in [7, 11) is 0. The largest absolute Gasteiger partial charge is 0.409 e. The minimum Gasteiger partial charge on any atom is -0.409 e. The standard InChI is InChI=1S/C15H17N3OS/c1-9-4-5-13(6-10(9)2)20-14-8-12(15(16)18-19)7-11(3)17-14/h4-8,19H,1-3H3,(H2,16,18). The van der Waals surface area contributed by atoms with Crippen LogP contribution in [-0.2, 0) is 0 Å². The molecule has 2 rings (SSSR count). The number of rotatable bonds is 3. The zero-order chi connectivity index (χ0) is 14.7. The average Bonchev–Trinajstić information content (AvgIpc) is 2.41. The van der Waals surface area contributed by atoms with E-state index < -0.39 is 0 Å². The molecule has 1 aromatic carbocycles. The first-order valence-electron chi connectivity index (χ1n) is 6.21. The molecule has 104 valence electrons. The van der Waals surface area contributed by atoms with Crippen molar-refractivity contribution >= 4 is 17.6 Å². The molecule has 0 amide bonds. The Bertz CT molecular complexity index is 668. The molecule has 2 aromatic rings. The van der Waals surface area contributed by atoms with Gasteiger partial charge in [0, 0.05) is 16.2 Å². The Kier molecular flexibility index (Phi) is 4.29. The van der Waals surface area contributed by atoms with Gasteiger partial charge in [-0.05, 0) is 56.2 Å². The van der Waals surface area contributed by atoms with E-state index in [2.05, 4.69) is 42.2 Å². The summed E-state index contributed by atoms with van der Waals surface area (Å²) in [6, 6.07) is 9.91. The van der Waals surface area contributed by atoms with Crippen LogP contribution in [0.25, 0.3) is 0 Å². The van der Waals surface area contributed by atoms with Crippen molar-refractivity contribution in [1.29, 1.82) is 0 Å². The molecule has 0 unspecified atom stereocenters. The van der Waals surface area contributed by atoms with E-state index in [0.717, 1.165) is 15.6 Å². The lowest BCUT2D eigenvalue weighted by Gasteiger charge is -2.07. The monoisotopic (exact) mass is 287 g/mol. The fraction of sp³-hybridized carbons (Fsp3) is 0.200. The van der Waals surface area contributed by atoms with Gasteiger partial charge >= 0.3 is 0 Å². The Morgan fingerprint density at radius 2 is 1.90 bits per heavy atom. The molecular weight excluding hydrogens is 270 g/mol. The van der Waals surface area contributed by atoms with Crippen molar-refractivity contribution in [3.8, 4) is 0 Å². The van der Waals surface area contributed by atoms with Crippen molar-refractivity contribution in [3.05, 3.63) is 52.7 Å². The highest BCUT2D eigenvalue weighted by molar-refractivity contribution is 7.99. The van der Waals surface area contributed by atoms with Gasteiger partial charge in [0.15, 0.2) is 5.84 Å². The van der Waals surface area contributed by atoms with Gasteiger partial charge in [0.1, 0.15) is 5.03 Å². The summed E-state index contributed by atoms with van der Waals surface area (Å²) in [4.78, 5) is 5.59. The van der Waals surface area contributed by atoms with Crippen LogP contribution in [0.4, 0.5) is 0 Å². The molecule has 0 bridgehead atoms. The normalized spacial score (nSPS) is 11.7. The van der Waals surface area contributed by atoms with Gasteiger partial charge in [-0.1, -0.05) is 23.0 Å². The Morgan fingerprint density at radius 1 is 1.15 bits per heavy atom. The van der Waals surface area contributed by atoms with Crippen molar-refractivity contribution in [2.75, 3.05) is 0 Å².